The predicted molar refractivity (Wildman–Crippen MR) is 114 cm³/mol. The number of nitrogens with one attached hydrogen (secondary N) is 2. The van der Waals surface area contributed by atoms with E-state index in [-0.39, 0.29) is 11.7 Å². The van der Waals surface area contributed by atoms with Crippen LogP contribution < -0.4 is 10.1 Å². The van der Waals surface area contributed by atoms with Crippen molar-refractivity contribution in [2.75, 3.05) is 25.0 Å². The van der Waals surface area contributed by atoms with Crippen molar-refractivity contribution < 1.29 is 14.3 Å². The van der Waals surface area contributed by atoms with Gasteiger partial charge < -0.3 is 19.9 Å². The lowest BCUT2D eigenvalue weighted by atomic mass is 9.82. The minimum atomic E-state index is -0.498. The van der Waals surface area contributed by atoms with Crippen molar-refractivity contribution in [1.82, 2.24) is 24.8 Å². The lowest BCUT2D eigenvalue weighted by Crippen LogP contribution is -2.52. The van der Waals surface area contributed by atoms with E-state index < -0.39 is 5.60 Å². The molecule has 5 rings (SSSR count). The summed E-state index contributed by atoms with van der Waals surface area (Å²) in [5.74, 6) is 1.51. The van der Waals surface area contributed by atoms with Crippen molar-refractivity contribution in [3.05, 3.63) is 42.0 Å². The fraction of sp³-hybridized carbons (Fsp3) is 0.409. The SMILES string of the molecule is Cc1ccc2c(c1)C(=O)CC1(CCN(C(=O)CCNc3ncnc4nc[nH]c34)CC1)O2. The number of hydrogen-bond acceptors (Lipinski definition) is 7. The van der Waals surface area contributed by atoms with E-state index in [1.807, 2.05) is 30.0 Å². The number of ether oxygens (including phenoxy) is 1. The maximum atomic E-state index is 12.7. The fourth-order valence-electron chi connectivity index (χ4n) is 4.40. The third kappa shape index (κ3) is 3.71. The second-order valence-electron chi connectivity index (χ2n) is 8.27. The highest BCUT2D eigenvalue weighted by Gasteiger charge is 2.43. The molecule has 2 aromatic heterocycles. The second-order valence-corrected chi connectivity index (χ2v) is 8.27. The number of aromatic amines is 1. The molecule has 4 heterocycles. The van der Waals surface area contributed by atoms with E-state index in [2.05, 4.69) is 25.3 Å². The number of anilines is 1. The Labute approximate surface area is 179 Å². The first-order valence-corrected chi connectivity index (χ1v) is 10.5. The molecule has 3 aromatic rings. The summed E-state index contributed by atoms with van der Waals surface area (Å²) in [4.78, 5) is 42.6. The average Bonchev–Trinajstić information content (AvgIpc) is 3.25. The molecule has 2 aliphatic heterocycles. The number of rotatable bonds is 4. The Morgan fingerprint density at radius 2 is 2.10 bits per heavy atom. The van der Waals surface area contributed by atoms with Crippen LogP contribution in [0.2, 0.25) is 0 Å². The Kier molecular flexibility index (Phi) is 4.80. The summed E-state index contributed by atoms with van der Waals surface area (Å²) < 4.78 is 6.29. The number of aryl methyl sites for hydroxylation is 1. The number of nitrogens with zero attached hydrogens (tertiary/aromatic N) is 4. The summed E-state index contributed by atoms with van der Waals surface area (Å²) in [5.41, 5.74) is 2.54. The Morgan fingerprint density at radius 1 is 1.26 bits per heavy atom. The van der Waals surface area contributed by atoms with Crippen LogP contribution in [0, 0.1) is 6.92 Å². The normalized spacial score (nSPS) is 17.5. The molecule has 1 fully saturated rings. The lowest BCUT2D eigenvalue weighted by Gasteiger charge is -2.44. The maximum absolute atomic E-state index is 12.7. The highest BCUT2D eigenvalue weighted by atomic mass is 16.5. The number of hydrogen-bond donors (Lipinski definition) is 2. The average molecular weight is 420 g/mol. The number of likely N-dealkylation sites (tertiary alicyclic amines) is 1. The summed E-state index contributed by atoms with van der Waals surface area (Å²) in [6, 6.07) is 5.74. The first kappa shape index (κ1) is 19.5. The zero-order chi connectivity index (χ0) is 21.4. The molecule has 0 radical (unpaired) electrons. The molecule has 2 N–H and O–H groups in total. The number of amides is 1. The van der Waals surface area contributed by atoms with Gasteiger partial charge >= 0.3 is 0 Å². The van der Waals surface area contributed by atoms with Gasteiger partial charge in [-0.25, -0.2) is 15.0 Å². The van der Waals surface area contributed by atoms with Gasteiger partial charge in [0.05, 0.1) is 18.3 Å². The number of aromatic nitrogens is 4. The quantitative estimate of drug-likeness (QED) is 0.667. The highest BCUT2D eigenvalue weighted by Crippen LogP contribution is 2.39. The number of carbonyl (C=O) groups is 2. The van der Waals surface area contributed by atoms with Crippen LogP contribution in [0.15, 0.2) is 30.9 Å². The molecule has 9 heteroatoms. The van der Waals surface area contributed by atoms with Crippen LogP contribution in [0.1, 0.15) is 41.6 Å². The molecule has 1 amide bonds. The molecular weight excluding hydrogens is 396 g/mol. The van der Waals surface area contributed by atoms with Gasteiger partial charge in [-0.15, -0.1) is 0 Å². The summed E-state index contributed by atoms with van der Waals surface area (Å²) in [7, 11) is 0. The zero-order valence-corrected chi connectivity index (χ0v) is 17.4. The first-order valence-electron chi connectivity index (χ1n) is 10.5. The molecule has 0 aliphatic carbocycles. The smallest absolute Gasteiger partial charge is 0.224 e. The summed E-state index contributed by atoms with van der Waals surface area (Å²) >= 11 is 0. The van der Waals surface area contributed by atoms with Gasteiger partial charge in [0.2, 0.25) is 5.91 Å². The van der Waals surface area contributed by atoms with Crippen LogP contribution in [0.5, 0.6) is 5.75 Å². The van der Waals surface area contributed by atoms with Gasteiger partial charge in [-0.2, -0.15) is 0 Å². The number of fused-ring (bicyclic) bond motifs is 2. The summed E-state index contributed by atoms with van der Waals surface area (Å²) in [5, 5.41) is 3.18. The molecule has 0 atom stereocenters. The van der Waals surface area contributed by atoms with Gasteiger partial charge in [0.1, 0.15) is 23.2 Å². The number of ketones is 1. The van der Waals surface area contributed by atoms with Crippen molar-refractivity contribution in [2.45, 2.75) is 38.2 Å². The van der Waals surface area contributed by atoms with Gasteiger partial charge in [-0.05, 0) is 19.1 Å². The van der Waals surface area contributed by atoms with E-state index >= 15 is 0 Å². The molecule has 0 bridgehead atoms. The predicted octanol–water partition coefficient (Wildman–Crippen LogP) is 2.49. The number of benzene rings is 1. The molecule has 2 aliphatic rings. The van der Waals surface area contributed by atoms with E-state index in [4.69, 9.17) is 4.74 Å². The largest absolute Gasteiger partial charge is 0.486 e. The van der Waals surface area contributed by atoms with Crippen LogP contribution in [0.4, 0.5) is 5.82 Å². The Balaban J connectivity index is 1.16. The maximum Gasteiger partial charge on any atom is 0.224 e. The first-order chi connectivity index (χ1) is 15.0. The Hall–Kier alpha value is -3.49. The topological polar surface area (TPSA) is 113 Å². The molecule has 0 saturated carbocycles. The molecule has 1 aromatic carbocycles. The van der Waals surface area contributed by atoms with E-state index in [1.54, 1.807) is 6.33 Å². The number of imidazole rings is 1. The molecule has 160 valence electrons. The minimum absolute atomic E-state index is 0.0791. The van der Waals surface area contributed by atoms with Crippen molar-refractivity contribution in [1.29, 1.82) is 0 Å². The van der Waals surface area contributed by atoms with Gasteiger partial charge in [-0.3, -0.25) is 9.59 Å². The van der Waals surface area contributed by atoms with E-state index in [9.17, 15) is 9.59 Å². The summed E-state index contributed by atoms with van der Waals surface area (Å²) in [6.45, 7) is 3.61. The van der Waals surface area contributed by atoms with Gasteiger partial charge in [0.15, 0.2) is 17.2 Å². The van der Waals surface area contributed by atoms with Gasteiger partial charge in [0.25, 0.3) is 0 Å². The third-order valence-corrected chi connectivity index (χ3v) is 6.13. The van der Waals surface area contributed by atoms with Crippen LogP contribution in [0.25, 0.3) is 11.2 Å². The number of piperidine rings is 1. The molecule has 1 saturated heterocycles. The second kappa shape index (κ2) is 7.64. The van der Waals surface area contributed by atoms with Crippen molar-refractivity contribution in [3.8, 4) is 5.75 Å². The monoisotopic (exact) mass is 420 g/mol. The van der Waals surface area contributed by atoms with E-state index in [0.717, 1.165) is 11.1 Å². The van der Waals surface area contributed by atoms with Crippen LogP contribution in [0.3, 0.4) is 0 Å². The lowest BCUT2D eigenvalue weighted by molar-refractivity contribution is -0.134. The Morgan fingerprint density at radius 3 is 2.94 bits per heavy atom. The van der Waals surface area contributed by atoms with Crippen molar-refractivity contribution in [3.63, 3.8) is 0 Å². The molecule has 31 heavy (non-hydrogen) atoms. The fourth-order valence-corrected chi connectivity index (χ4v) is 4.40. The van der Waals surface area contributed by atoms with Crippen molar-refractivity contribution >= 4 is 28.7 Å². The van der Waals surface area contributed by atoms with Crippen LogP contribution >= 0.6 is 0 Å². The van der Waals surface area contributed by atoms with Crippen molar-refractivity contribution in [2.24, 2.45) is 0 Å². The van der Waals surface area contributed by atoms with E-state index in [1.165, 1.54) is 6.33 Å². The zero-order valence-electron chi connectivity index (χ0n) is 17.4. The van der Waals surface area contributed by atoms with Gasteiger partial charge in [-0.1, -0.05) is 11.6 Å². The minimum Gasteiger partial charge on any atom is -0.486 e. The molecule has 1 spiro atoms. The highest BCUT2D eigenvalue weighted by molar-refractivity contribution is 6.00. The standard InChI is InChI=1S/C22H24N6O3/c1-14-2-3-17-15(10-14)16(29)11-22(31-17)5-8-28(9-6-22)18(30)4-7-23-20-19-21(25-12-24-19)27-13-26-20/h2-3,10,12-13H,4-9,11H2,1H3,(H2,23,24,25,26,27). The number of Topliss-reactive ketones (excluding diaryl/α,β-unsaturated/α-hetero) is 1. The van der Waals surface area contributed by atoms with Crippen LogP contribution in [-0.2, 0) is 4.79 Å². The third-order valence-electron chi connectivity index (χ3n) is 6.13. The van der Waals surface area contributed by atoms with Gasteiger partial charge in [0, 0.05) is 38.9 Å². The molecule has 0 unspecified atom stereocenters. The number of carbonyl (C=O) groups excluding carboxylic acids is 2. The Bertz CT molecular complexity index is 1150. The van der Waals surface area contributed by atoms with Crippen LogP contribution in [-0.4, -0.2) is 61.8 Å². The summed E-state index contributed by atoms with van der Waals surface area (Å²) in [6.07, 6.45) is 5.06. The molecular formula is C22H24N6O3. The van der Waals surface area contributed by atoms with E-state index in [0.29, 0.717) is 68.1 Å². The number of H-pyrrole nitrogens is 1. The molecule has 9 nitrogen and oxygen atoms in total.